The normalized spacial score (nSPS) is 16.1. The summed E-state index contributed by atoms with van der Waals surface area (Å²) < 4.78 is 26.6. The van der Waals surface area contributed by atoms with E-state index in [4.69, 9.17) is 0 Å². The van der Waals surface area contributed by atoms with Crippen LogP contribution in [0.15, 0.2) is 41.7 Å². The van der Waals surface area contributed by atoms with Crippen LogP contribution in [-0.2, 0) is 23.4 Å². The second-order valence-corrected chi connectivity index (χ2v) is 9.84. The number of rotatable bonds is 5. The molecule has 4 rings (SSSR count). The van der Waals surface area contributed by atoms with E-state index in [9.17, 15) is 8.42 Å². The zero-order chi connectivity index (χ0) is 21.3. The van der Waals surface area contributed by atoms with Crippen molar-refractivity contribution in [3.05, 3.63) is 53.7 Å². The summed E-state index contributed by atoms with van der Waals surface area (Å²) in [7, 11) is -1.47. The Hall–Kier alpha value is -2.65. The van der Waals surface area contributed by atoms with Gasteiger partial charge in [-0.2, -0.15) is 5.10 Å². The molecule has 9 heteroatoms. The highest BCUT2D eigenvalue weighted by molar-refractivity contribution is 7.90. The molecule has 0 unspecified atom stereocenters. The number of pyridine rings is 1. The predicted octanol–water partition coefficient (Wildman–Crippen LogP) is 2.36. The maximum Gasteiger partial charge on any atom is 0.178 e. The van der Waals surface area contributed by atoms with Gasteiger partial charge in [-0.05, 0) is 45.0 Å². The lowest BCUT2D eigenvalue weighted by atomic mass is 9.93. The van der Waals surface area contributed by atoms with Crippen LogP contribution in [0.4, 0.5) is 0 Å². The van der Waals surface area contributed by atoms with Gasteiger partial charge in [-0.15, -0.1) is 0 Å². The molecule has 3 aromatic rings. The van der Waals surface area contributed by atoms with E-state index >= 15 is 0 Å². The monoisotopic (exact) mass is 426 g/mol. The lowest BCUT2D eigenvalue weighted by molar-refractivity contribution is 0.202. The van der Waals surface area contributed by atoms with Gasteiger partial charge in [0, 0.05) is 49.4 Å². The molecular weight excluding hydrogens is 400 g/mol. The molecule has 1 aliphatic heterocycles. The Morgan fingerprint density at radius 1 is 1.13 bits per heavy atom. The van der Waals surface area contributed by atoms with Gasteiger partial charge in [-0.3, -0.25) is 14.6 Å². The van der Waals surface area contributed by atoms with Crippen molar-refractivity contribution in [2.45, 2.75) is 37.1 Å². The van der Waals surface area contributed by atoms with Crippen molar-refractivity contribution < 1.29 is 8.42 Å². The minimum Gasteiger partial charge on any atom is -0.299 e. The van der Waals surface area contributed by atoms with E-state index < -0.39 is 9.84 Å². The van der Waals surface area contributed by atoms with Crippen LogP contribution in [-0.4, -0.2) is 57.4 Å². The molecule has 0 spiro atoms. The average molecular weight is 427 g/mol. The molecule has 158 valence electrons. The topological polar surface area (TPSA) is 93.9 Å². The summed E-state index contributed by atoms with van der Waals surface area (Å²) in [4.78, 5) is 15.9. The summed E-state index contributed by atoms with van der Waals surface area (Å²) in [6.07, 6.45) is 7.96. The third-order valence-electron chi connectivity index (χ3n) is 5.78. The molecule has 30 heavy (non-hydrogen) atoms. The van der Waals surface area contributed by atoms with Gasteiger partial charge in [-0.1, -0.05) is 6.07 Å². The van der Waals surface area contributed by atoms with Crippen LogP contribution >= 0.6 is 0 Å². The van der Waals surface area contributed by atoms with E-state index in [1.165, 1.54) is 23.7 Å². The van der Waals surface area contributed by atoms with Crippen molar-refractivity contribution in [2.24, 2.45) is 7.05 Å². The van der Waals surface area contributed by atoms with E-state index in [2.05, 4.69) is 31.9 Å². The fourth-order valence-electron chi connectivity index (χ4n) is 3.89. The molecule has 0 bridgehead atoms. The van der Waals surface area contributed by atoms with Crippen LogP contribution in [0.3, 0.4) is 0 Å². The van der Waals surface area contributed by atoms with Crippen molar-refractivity contribution in [3.63, 3.8) is 0 Å². The average Bonchev–Trinajstić information content (AvgIpc) is 3.06. The summed E-state index contributed by atoms with van der Waals surface area (Å²) in [5.41, 5.74) is 3.66. The number of sulfone groups is 1. The maximum atomic E-state index is 12.4. The summed E-state index contributed by atoms with van der Waals surface area (Å²) in [6.45, 7) is 4.69. The molecule has 3 aromatic heterocycles. The minimum absolute atomic E-state index is 0.0754. The Morgan fingerprint density at radius 3 is 2.50 bits per heavy atom. The van der Waals surface area contributed by atoms with Gasteiger partial charge in [0.1, 0.15) is 10.6 Å². The van der Waals surface area contributed by atoms with E-state index in [1.807, 2.05) is 36.1 Å². The third-order valence-corrected chi connectivity index (χ3v) is 6.89. The second-order valence-electron chi connectivity index (χ2n) is 7.86. The van der Waals surface area contributed by atoms with Crippen LogP contribution < -0.4 is 0 Å². The smallest absolute Gasteiger partial charge is 0.178 e. The fourth-order valence-corrected chi connectivity index (χ4v) is 4.72. The van der Waals surface area contributed by atoms with Gasteiger partial charge in [0.2, 0.25) is 0 Å². The van der Waals surface area contributed by atoms with Crippen LogP contribution in [0.2, 0.25) is 0 Å². The Kier molecular flexibility index (Phi) is 5.66. The highest BCUT2D eigenvalue weighted by Crippen LogP contribution is 2.32. The second kappa shape index (κ2) is 8.23. The Balaban J connectivity index is 1.56. The number of hydrogen-bond acceptors (Lipinski definition) is 7. The molecule has 0 atom stereocenters. The SMILES string of the molecule is Cc1c(CN2CCC(c3nc(-c4ccccn4)ncc3S(C)(=O)=O)CC2)cnn1C. The summed E-state index contributed by atoms with van der Waals surface area (Å²) >= 11 is 0. The molecule has 0 saturated carbocycles. The van der Waals surface area contributed by atoms with Crippen molar-refractivity contribution in [2.75, 3.05) is 19.3 Å². The third kappa shape index (κ3) is 4.27. The summed E-state index contributed by atoms with van der Waals surface area (Å²) in [5.74, 6) is 0.540. The van der Waals surface area contributed by atoms with Crippen LogP contribution in [0.25, 0.3) is 11.5 Å². The highest BCUT2D eigenvalue weighted by atomic mass is 32.2. The molecule has 0 aromatic carbocycles. The molecule has 1 saturated heterocycles. The standard InChI is InChI=1S/C21H26N6O2S/c1-15-17(12-24-26(15)2)14-27-10-7-16(8-11-27)20-19(30(3,28)29)13-23-21(25-20)18-6-4-5-9-22-18/h4-6,9,12-13,16H,7-8,10-11,14H2,1-3H3. The first-order chi connectivity index (χ1) is 14.3. The van der Waals surface area contributed by atoms with E-state index in [0.29, 0.717) is 17.2 Å². The molecule has 0 aliphatic carbocycles. The first-order valence-corrected chi connectivity index (χ1v) is 11.9. The number of likely N-dealkylation sites (tertiary alicyclic amines) is 1. The van der Waals surface area contributed by atoms with Gasteiger partial charge in [0.15, 0.2) is 15.7 Å². The Morgan fingerprint density at radius 2 is 1.90 bits per heavy atom. The number of nitrogens with zero attached hydrogens (tertiary/aromatic N) is 6. The van der Waals surface area contributed by atoms with Crippen molar-refractivity contribution in [1.82, 2.24) is 29.6 Å². The molecule has 4 heterocycles. The summed E-state index contributed by atoms with van der Waals surface area (Å²) in [5, 5.41) is 4.32. The molecule has 0 radical (unpaired) electrons. The highest BCUT2D eigenvalue weighted by Gasteiger charge is 2.28. The minimum atomic E-state index is -3.42. The molecular formula is C21H26N6O2S. The van der Waals surface area contributed by atoms with Gasteiger partial charge < -0.3 is 0 Å². The zero-order valence-electron chi connectivity index (χ0n) is 17.5. The first-order valence-electron chi connectivity index (χ1n) is 10.0. The van der Waals surface area contributed by atoms with E-state index in [1.54, 1.807) is 6.20 Å². The van der Waals surface area contributed by atoms with Crippen molar-refractivity contribution in [3.8, 4) is 11.5 Å². The molecule has 8 nitrogen and oxygen atoms in total. The number of aryl methyl sites for hydroxylation is 1. The molecule has 1 fully saturated rings. The maximum absolute atomic E-state index is 12.4. The van der Waals surface area contributed by atoms with Crippen LogP contribution in [0, 0.1) is 6.92 Å². The molecule has 0 amide bonds. The molecule has 1 aliphatic rings. The quantitative estimate of drug-likeness (QED) is 0.618. The fraction of sp³-hybridized carbons (Fsp3) is 0.429. The lowest BCUT2D eigenvalue weighted by Gasteiger charge is -2.32. The number of piperidine rings is 1. The van der Waals surface area contributed by atoms with Crippen LogP contribution in [0.5, 0.6) is 0 Å². The molecule has 0 N–H and O–H groups in total. The largest absolute Gasteiger partial charge is 0.299 e. The van der Waals surface area contributed by atoms with E-state index in [0.717, 1.165) is 32.5 Å². The zero-order valence-corrected chi connectivity index (χ0v) is 18.3. The van der Waals surface area contributed by atoms with Crippen molar-refractivity contribution in [1.29, 1.82) is 0 Å². The van der Waals surface area contributed by atoms with Gasteiger partial charge in [0.05, 0.1) is 11.9 Å². The van der Waals surface area contributed by atoms with Crippen LogP contribution in [0.1, 0.15) is 35.7 Å². The number of hydrogen-bond donors (Lipinski definition) is 0. The number of aromatic nitrogens is 5. The van der Waals surface area contributed by atoms with E-state index in [-0.39, 0.29) is 10.8 Å². The lowest BCUT2D eigenvalue weighted by Crippen LogP contribution is -2.33. The first kappa shape index (κ1) is 20.6. The summed E-state index contributed by atoms with van der Waals surface area (Å²) in [6, 6.07) is 5.53. The Labute approximate surface area is 176 Å². The van der Waals surface area contributed by atoms with Gasteiger partial charge >= 0.3 is 0 Å². The van der Waals surface area contributed by atoms with Crippen molar-refractivity contribution >= 4 is 9.84 Å². The van der Waals surface area contributed by atoms with Gasteiger partial charge in [0.25, 0.3) is 0 Å². The van der Waals surface area contributed by atoms with Gasteiger partial charge in [-0.25, -0.2) is 18.4 Å². The predicted molar refractivity (Wildman–Crippen MR) is 114 cm³/mol. The Bertz CT molecular complexity index is 1140.